The van der Waals surface area contributed by atoms with Crippen LogP contribution in [0.25, 0.3) is 28.8 Å². The minimum absolute atomic E-state index is 0.393. The summed E-state index contributed by atoms with van der Waals surface area (Å²) in [7, 11) is 0. The molecule has 0 atom stereocenters. The summed E-state index contributed by atoms with van der Waals surface area (Å²) in [5, 5.41) is 16.2. The number of hydrogen-bond acceptors (Lipinski definition) is 8. The van der Waals surface area contributed by atoms with Gasteiger partial charge in [0, 0.05) is 11.9 Å². The molecule has 0 saturated carbocycles. The predicted octanol–water partition coefficient (Wildman–Crippen LogP) is 3.60. The summed E-state index contributed by atoms with van der Waals surface area (Å²) in [6, 6.07) is 13.3. The van der Waals surface area contributed by atoms with E-state index in [1.54, 1.807) is 35.2 Å². The Labute approximate surface area is 165 Å². The Kier molecular flexibility index (Phi) is 3.98. The Hall–Kier alpha value is -4.14. The van der Waals surface area contributed by atoms with E-state index < -0.39 is 0 Å². The molecular weight excluding hydrogens is 368 g/mol. The molecule has 0 aliphatic carbocycles. The Morgan fingerprint density at radius 1 is 0.966 bits per heavy atom. The summed E-state index contributed by atoms with van der Waals surface area (Å²) in [4.78, 5) is 13.3. The molecule has 29 heavy (non-hydrogen) atoms. The fraction of sp³-hybridized carbons (Fsp3) is 0.100. The molecule has 0 fully saturated rings. The molecule has 0 aliphatic heterocycles. The smallest absolute Gasteiger partial charge is 0.272 e. The van der Waals surface area contributed by atoms with Crippen LogP contribution in [0.4, 0.5) is 11.6 Å². The molecule has 9 heteroatoms. The maximum atomic E-state index is 5.37. The second-order valence-electron chi connectivity index (χ2n) is 6.46. The number of fused-ring (bicyclic) bond motifs is 1. The number of nitrogens with one attached hydrogen (secondary N) is 1. The fourth-order valence-electron chi connectivity index (χ4n) is 2.99. The molecule has 4 aromatic heterocycles. The van der Waals surface area contributed by atoms with E-state index in [0.29, 0.717) is 34.7 Å². The van der Waals surface area contributed by atoms with E-state index in [1.165, 1.54) is 0 Å². The number of benzene rings is 1. The zero-order chi connectivity index (χ0) is 19.8. The molecule has 142 valence electrons. The number of nitrogens with zero attached hydrogens (tertiary/aromatic N) is 7. The third-order valence-electron chi connectivity index (χ3n) is 4.52. The first-order chi connectivity index (χ1) is 14.2. The van der Waals surface area contributed by atoms with Crippen molar-refractivity contribution in [1.29, 1.82) is 0 Å². The molecule has 0 amide bonds. The minimum atomic E-state index is 0.393. The summed E-state index contributed by atoms with van der Waals surface area (Å²) >= 11 is 0. The van der Waals surface area contributed by atoms with Crippen molar-refractivity contribution in [3.05, 3.63) is 66.2 Å². The van der Waals surface area contributed by atoms with Crippen molar-refractivity contribution in [2.45, 2.75) is 13.8 Å². The summed E-state index contributed by atoms with van der Waals surface area (Å²) in [5.74, 6) is 1.90. The zero-order valence-electron chi connectivity index (χ0n) is 15.7. The van der Waals surface area contributed by atoms with Crippen LogP contribution in [0.1, 0.15) is 11.3 Å². The van der Waals surface area contributed by atoms with Gasteiger partial charge in [0.05, 0.1) is 17.7 Å². The third kappa shape index (κ3) is 3.08. The van der Waals surface area contributed by atoms with Crippen LogP contribution in [-0.4, -0.2) is 34.8 Å². The summed E-state index contributed by atoms with van der Waals surface area (Å²) < 4.78 is 7.01. The first-order valence-electron chi connectivity index (χ1n) is 8.99. The first kappa shape index (κ1) is 17.0. The molecule has 4 heterocycles. The number of aryl methyl sites for hydroxylation is 2. The van der Waals surface area contributed by atoms with E-state index in [-0.39, 0.29) is 0 Å². The monoisotopic (exact) mass is 384 g/mol. The quantitative estimate of drug-likeness (QED) is 0.501. The Morgan fingerprint density at radius 2 is 1.86 bits per heavy atom. The number of aromatic nitrogens is 7. The lowest BCUT2D eigenvalue weighted by atomic mass is 10.2. The lowest BCUT2D eigenvalue weighted by Gasteiger charge is -2.09. The number of furan rings is 1. The van der Waals surface area contributed by atoms with Gasteiger partial charge in [-0.05, 0) is 43.7 Å². The van der Waals surface area contributed by atoms with Gasteiger partial charge in [-0.2, -0.15) is 9.50 Å². The van der Waals surface area contributed by atoms with Crippen LogP contribution >= 0.6 is 0 Å². The summed E-state index contributed by atoms with van der Waals surface area (Å²) in [5.41, 5.74) is 4.05. The normalized spacial score (nSPS) is 11.1. The average molecular weight is 384 g/mol. The van der Waals surface area contributed by atoms with E-state index in [9.17, 15) is 0 Å². The van der Waals surface area contributed by atoms with Gasteiger partial charge in [-0.25, -0.2) is 9.97 Å². The van der Waals surface area contributed by atoms with Crippen molar-refractivity contribution < 1.29 is 4.42 Å². The topological polar surface area (TPSA) is 107 Å². The lowest BCUT2D eigenvalue weighted by Crippen LogP contribution is -2.05. The van der Waals surface area contributed by atoms with Gasteiger partial charge in [-0.3, -0.25) is 0 Å². The van der Waals surface area contributed by atoms with Gasteiger partial charge >= 0.3 is 0 Å². The Balaban J connectivity index is 1.54. The third-order valence-corrected chi connectivity index (χ3v) is 4.52. The highest BCUT2D eigenvalue weighted by atomic mass is 16.3. The van der Waals surface area contributed by atoms with E-state index in [1.807, 2.05) is 38.1 Å². The maximum absolute atomic E-state index is 5.37. The highest BCUT2D eigenvalue weighted by Crippen LogP contribution is 2.23. The molecule has 0 aliphatic rings. The van der Waals surface area contributed by atoms with Gasteiger partial charge in [-0.1, -0.05) is 18.2 Å². The van der Waals surface area contributed by atoms with Gasteiger partial charge < -0.3 is 9.73 Å². The first-order valence-corrected chi connectivity index (χ1v) is 8.99. The van der Waals surface area contributed by atoms with Crippen molar-refractivity contribution in [3.63, 3.8) is 0 Å². The van der Waals surface area contributed by atoms with Gasteiger partial charge in [0.15, 0.2) is 5.76 Å². The maximum Gasteiger partial charge on any atom is 0.272 e. The van der Waals surface area contributed by atoms with Crippen LogP contribution < -0.4 is 5.32 Å². The molecule has 0 radical (unpaired) electrons. The second-order valence-corrected chi connectivity index (χ2v) is 6.46. The van der Waals surface area contributed by atoms with Crippen LogP contribution in [0.5, 0.6) is 0 Å². The summed E-state index contributed by atoms with van der Waals surface area (Å²) in [6.07, 6.45) is 3.26. The van der Waals surface area contributed by atoms with Gasteiger partial charge in [0.1, 0.15) is 5.69 Å². The van der Waals surface area contributed by atoms with Crippen molar-refractivity contribution >= 4 is 17.4 Å². The SMILES string of the molecule is Cc1ccccc1Nc1nccc(-c2nnc3nc(-c4ccco4)nn3c2C)n1. The molecule has 5 aromatic rings. The molecule has 0 bridgehead atoms. The molecule has 1 aromatic carbocycles. The van der Waals surface area contributed by atoms with Crippen LogP contribution in [-0.2, 0) is 0 Å². The molecular formula is C20H16N8O. The molecule has 5 rings (SSSR count). The Morgan fingerprint density at radius 3 is 2.69 bits per heavy atom. The van der Waals surface area contributed by atoms with Crippen molar-refractivity contribution in [1.82, 2.24) is 34.8 Å². The van der Waals surface area contributed by atoms with E-state index in [4.69, 9.17) is 4.42 Å². The summed E-state index contributed by atoms with van der Waals surface area (Å²) in [6.45, 7) is 3.92. The highest BCUT2D eigenvalue weighted by Gasteiger charge is 2.16. The van der Waals surface area contributed by atoms with Crippen LogP contribution in [0.2, 0.25) is 0 Å². The number of para-hydroxylation sites is 1. The standard InChI is InChI=1S/C20H16N8O/c1-12-6-3-4-7-14(12)22-19-21-10-9-15(23-19)17-13(2)28-20(26-25-17)24-18(27-28)16-8-5-11-29-16/h3-11H,1-2H3,(H,21,22,23). The number of rotatable bonds is 4. The lowest BCUT2D eigenvalue weighted by molar-refractivity contribution is 0.577. The van der Waals surface area contributed by atoms with E-state index in [2.05, 4.69) is 35.6 Å². The molecule has 9 nitrogen and oxygen atoms in total. The van der Waals surface area contributed by atoms with E-state index >= 15 is 0 Å². The van der Waals surface area contributed by atoms with Crippen LogP contribution in [0, 0.1) is 13.8 Å². The van der Waals surface area contributed by atoms with Gasteiger partial charge in [0.25, 0.3) is 5.78 Å². The molecule has 0 saturated heterocycles. The highest BCUT2D eigenvalue weighted by molar-refractivity contribution is 5.63. The molecule has 0 spiro atoms. The number of hydrogen-bond donors (Lipinski definition) is 1. The predicted molar refractivity (Wildman–Crippen MR) is 107 cm³/mol. The largest absolute Gasteiger partial charge is 0.461 e. The Bertz CT molecular complexity index is 1310. The average Bonchev–Trinajstić information content (AvgIpc) is 3.40. The second kappa shape index (κ2) is 6.79. The van der Waals surface area contributed by atoms with E-state index in [0.717, 1.165) is 16.9 Å². The number of anilines is 2. The van der Waals surface area contributed by atoms with Crippen molar-refractivity contribution in [3.8, 4) is 23.0 Å². The fourth-order valence-corrected chi connectivity index (χ4v) is 2.99. The van der Waals surface area contributed by atoms with Gasteiger partial charge in [0.2, 0.25) is 11.8 Å². The minimum Gasteiger partial charge on any atom is -0.461 e. The van der Waals surface area contributed by atoms with Crippen LogP contribution in [0.15, 0.2) is 59.3 Å². The molecule has 1 N–H and O–H groups in total. The molecule has 0 unspecified atom stereocenters. The van der Waals surface area contributed by atoms with Gasteiger partial charge in [-0.15, -0.1) is 15.3 Å². The van der Waals surface area contributed by atoms with Crippen molar-refractivity contribution in [2.24, 2.45) is 0 Å². The zero-order valence-corrected chi connectivity index (χ0v) is 15.7. The van der Waals surface area contributed by atoms with Crippen LogP contribution in [0.3, 0.4) is 0 Å². The van der Waals surface area contributed by atoms with Crippen molar-refractivity contribution in [2.75, 3.05) is 5.32 Å².